The Balaban J connectivity index is 2.26. The standard InChI is InChI=1S/C12H16N2S/c1-10(2)8-13-12(15)14-9-11-6-4-3-5-7-11/h3-7H,1,8-9H2,2H3,(H2,13,14,15). The third-order valence-electron chi connectivity index (χ3n) is 1.85. The summed E-state index contributed by atoms with van der Waals surface area (Å²) in [7, 11) is 0. The van der Waals surface area contributed by atoms with Crippen molar-refractivity contribution >= 4 is 17.3 Å². The van der Waals surface area contributed by atoms with Gasteiger partial charge in [-0.15, -0.1) is 0 Å². The van der Waals surface area contributed by atoms with Gasteiger partial charge < -0.3 is 10.6 Å². The number of benzene rings is 1. The summed E-state index contributed by atoms with van der Waals surface area (Å²) in [5.74, 6) is 0. The lowest BCUT2D eigenvalue weighted by Crippen LogP contribution is -2.35. The first-order chi connectivity index (χ1) is 7.18. The fourth-order valence-electron chi connectivity index (χ4n) is 1.07. The highest BCUT2D eigenvalue weighted by atomic mass is 32.1. The van der Waals surface area contributed by atoms with Gasteiger partial charge in [0.2, 0.25) is 0 Å². The Morgan fingerprint density at radius 2 is 1.93 bits per heavy atom. The van der Waals surface area contributed by atoms with Crippen LogP contribution in [0.4, 0.5) is 0 Å². The van der Waals surface area contributed by atoms with Crippen LogP contribution in [0.15, 0.2) is 42.5 Å². The molecule has 0 heterocycles. The van der Waals surface area contributed by atoms with E-state index >= 15 is 0 Å². The van der Waals surface area contributed by atoms with E-state index < -0.39 is 0 Å². The van der Waals surface area contributed by atoms with Gasteiger partial charge in [0.15, 0.2) is 5.11 Å². The maximum absolute atomic E-state index is 5.11. The molecule has 0 spiro atoms. The van der Waals surface area contributed by atoms with Crippen molar-refractivity contribution < 1.29 is 0 Å². The highest BCUT2D eigenvalue weighted by Crippen LogP contribution is 1.96. The van der Waals surface area contributed by atoms with Crippen LogP contribution in [0.5, 0.6) is 0 Å². The molecule has 1 aromatic rings. The fraction of sp³-hybridized carbons (Fsp3) is 0.250. The molecule has 0 saturated heterocycles. The molecule has 3 heteroatoms. The van der Waals surface area contributed by atoms with E-state index in [1.807, 2.05) is 25.1 Å². The normalized spacial score (nSPS) is 9.40. The topological polar surface area (TPSA) is 24.1 Å². The van der Waals surface area contributed by atoms with Crippen LogP contribution in [0.1, 0.15) is 12.5 Å². The Morgan fingerprint density at radius 1 is 1.27 bits per heavy atom. The van der Waals surface area contributed by atoms with Gasteiger partial charge >= 0.3 is 0 Å². The minimum Gasteiger partial charge on any atom is -0.359 e. The minimum absolute atomic E-state index is 0.668. The van der Waals surface area contributed by atoms with Gasteiger partial charge in [0.25, 0.3) is 0 Å². The van der Waals surface area contributed by atoms with Crippen LogP contribution in [-0.2, 0) is 6.54 Å². The molecule has 0 aliphatic carbocycles. The molecule has 2 nitrogen and oxygen atoms in total. The molecule has 0 aliphatic heterocycles. The first-order valence-corrected chi connectivity index (χ1v) is 5.29. The summed E-state index contributed by atoms with van der Waals surface area (Å²) in [4.78, 5) is 0. The zero-order valence-corrected chi connectivity index (χ0v) is 9.73. The quantitative estimate of drug-likeness (QED) is 0.601. The molecule has 0 fully saturated rings. The van der Waals surface area contributed by atoms with Crippen LogP contribution in [0.3, 0.4) is 0 Å². The maximum Gasteiger partial charge on any atom is 0.166 e. The number of rotatable bonds is 4. The van der Waals surface area contributed by atoms with E-state index in [0.717, 1.165) is 18.7 Å². The van der Waals surface area contributed by atoms with Crippen LogP contribution in [0.25, 0.3) is 0 Å². The molecule has 0 amide bonds. The van der Waals surface area contributed by atoms with Gasteiger partial charge in [0, 0.05) is 13.1 Å². The van der Waals surface area contributed by atoms with Gasteiger partial charge in [-0.2, -0.15) is 0 Å². The van der Waals surface area contributed by atoms with E-state index in [1.54, 1.807) is 0 Å². The van der Waals surface area contributed by atoms with Crippen molar-refractivity contribution in [1.82, 2.24) is 10.6 Å². The van der Waals surface area contributed by atoms with Crippen molar-refractivity contribution in [1.29, 1.82) is 0 Å². The molecular weight excluding hydrogens is 204 g/mol. The molecular formula is C12H16N2S. The summed E-state index contributed by atoms with van der Waals surface area (Å²) in [6.07, 6.45) is 0. The number of thiocarbonyl (C=S) groups is 1. The van der Waals surface area contributed by atoms with E-state index in [2.05, 4.69) is 29.3 Å². The third-order valence-corrected chi connectivity index (χ3v) is 2.14. The molecule has 0 radical (unpaired) electrons. The Morgan fingerprint density at radius 3 is 2.53 bits per heavy atom. The highest BCUT2D eigenvalue weighted by Gasteiger charge is 1.95. The van der Waals surface area contributed by atoms with E-state index in [1.165, 1.54) is 5.56 Å². The summed E-state index contributed by atoms with van der Waals surface area (Å²) < 4.78 is 0. The van der Waals surface area contributed by atoms with Gasteiger partial charge in [-0.05, 0) is 24.7 Å². The molecule has 15 heavy (non-hydrogen) atoms. The molecule has 0 unspecified atom stereocenters. The van der Waals surface area contributed by atoms with E-state index in [-0.39, 0.29) is 0 Å². The van der Waals surface area contributed by atoms with Crippen molar-refractivity contribution in [3.63, 3.8) is 0 Å². The lowest BCUT2D eigenvalue weighted by Gasteiger charge is -2.10. The molecule has 1 aromatic carbocycles. The second kappa shape index (κ2) is 6.19. The van der Waals surface area contributed by atoms with Crippen molar-refractivity contribution in [3.05, 3.63) is 48.0 Å². The van der Waals surface area contributed by atoms with Crippen molar-refractivity contribution in [2.75, 3.05) is 6.54 Å². The smallest absolute Gasteiger partial charge is 0.166 e. The fourth-order valence-corrected chi connectivity index (χ4v) is 1.22. The second-order valence-electron chi connectivity index (χ2n) is 3.48. The summed E-state index contributed by atoms with van der Waals surface area (Å²) in [5.41, 5.74) is 2.29. The SMILES string of the molecule is C=C(C)CNC(=S)NCc1ccccc1. The molecule has 80 valence electrons. The average Bonchev–Trinajstić information content (AvgIpc) is 2.25. The molecule has 0 saturated carbocycles. The van der Waals surface area contributed by atoms with Gasteiger partial charge in [-0.1, -0.05) is 42.5 Å². The van der Waals surface area contributed by atoms with Crippen LogP contribution in [0.2, 0.25) is 0 Å². The Kier molecular flexibility index (Phi) is 4.84. The first kappa shape index (κ1) is 11.7. The zero-order valence-electron chi connectivity index (χ0n) is 8.92. The third kappa shape index (κ3) is 5.18. The summed E-state index contributed by atoms with van der Waals surface area (Å²) in [6, 6.07) is 10.2. The van der Waals surface area contributed by atoms with E-state index in [0.29, 0.717) is 5.11 Å². The van der Waals surface area contributed by atoms with Gasteiger partial charge in [-0.3, -0.25) is 0 Å². The van der Waals surface area contributed by atoms with Crippen molar-refractivity contribution in [2.24, 2.45) is 0 Å². The predicted molar refractivity (Wildman–Crippen MR) is 68.7 cm³/mol. The highest BCUT2D eigenvalue weighted by molar-refractivity contribution is 7.80. The lowest BCUT2D eigenvalue weighted by atomic mass is 10.2. The molecule has 0 aliphatic rings. The summed E-state index contributed by atoms with van der Waals surface area (Å²) >= 11 is 5.11. The number of nitrogens with one attached hydrogen (secondary N) is 2. The number of hydrogen-bond acceptors (Lipinski definition) is 1. The largest absolute Gasteiger partial charge is 0.359 e. The minimum atomic E-state index is 0.668. The molecule has 0 bridgehead atoms. The summed E-state index contributed by atoms with van der Waals surface area (Å²) in [5, 5.41) is 6.88. The van der Waals surface area contributed by atoms with Crippen LogP contribution in [0, 0.1) is 0 Å². The Bertz CT molecular complexity index is 333. The van der Waals surface area contributed by atoms with Gasteiger partial charge in [0.05, 0.1) is 0 Å². The van der Waals surface area contributed by atoms with Crippen LogP contribution in [-0.4, -0.2) is 11.7 Å². The van der Waals surface area contributed by atoms with Crippen LogP contribution >= 0.6 is 12.2 Å². The van der Waals surface area contributed by atoms with Gasteiger partial charge in [0.1, 0.15) is 0 Å². The number of hydrogen-bond donors (Lipinski definition) is 2. The Hall–Kier alpha value is -1.35. The molecule has 2 N–H and O–H groups in total. The molecule has 0 aromatic heterocycles. The van der Waals surface area contributed by atoms with Crippen molar-refractivity contribution in [3.8, 4) is 0 Å². The predicted octanol–water partition coefficient (Wildman–Crippen LogP) is 2.23. The lowest BCUT2D eigenvalue weighted by molar-refractivity contribution is 0.862. The second-order valence-corrected chi connectivity index (χ2v) is 3.89. The Labute approximate surface area is 96.4 Å². The van der Waals surface area contributed by atoms with E-state index in [4.69, 9.17) is 12.2 Å². The molecule has 0 atom stereocenters. The van der Waals surface area contributed by atoms with Crippen molar-refractivity contribution in [2.45, 2.75) is 13.5 Å². The zero-order chi connectivity index (χ0) is 11.1. The molecule has 1 rings (SSSR count). The maximum atomic E-state index is 5.11. The van der Waals surface area contributed by atoms with Crippen LogP contribution < -0.4 is 10.6 Å². The monoisotopic (exact) mass is 220 g/mol. The first-order valence-electron chi connectivity index (χ1n) is 4.88. The van der Waals surface area contributed by atoms with Gasteiger partial charge in [-0.25, -0.2) is 0 Å². The average molecular weight is 220 g/mol. The van der Waals surface area contributed by atoms with E-state index in [9.17, 15) is 0 Å². The summed E-state index contributed by atoms with van der Waals surface area (Å²) in [6.45, 7) is 7.24.